The number of thioether (sulfide) groups is 1. The minimum absolute atomic E-state index is 0.0252. The molecule has 0 aromatic heterocycles. The number of unbranched alkanes of at least 4 members (excludes halogenated alkanes) is 1. The van der Waals surface area contributed by atoms with Gasteiger partial charge in [0.1, 0.15) is 73.6 Å². The van der Waals surface area contributed by atoms with E-state index in [-0.39, 0.29) is 115 Å². The number of guanidine groups is 1. The second-order valence-electron chi connectivity index (χ2n) is 28.9. The first-order chi connectivity index (χ1) is 53.7. The Balaban J connectivity index is 1.17. The fourth-order valence-corrected chi connectivity index (χ4v) is 13.5. The first kappa shape index (κ1) is 90.1. The Morgan fingerprint density at radius 3 is 1.45 bits per heavy atom. The van der Waals surface area contributed by atoms with Crippen molar-refractivity contribution < 1.29 is 76.5 Å². The summed E-state index contributed by atoms with van der Waals surface area (Å²) in [6.45, 7) is 10.3. The van der Waals surface area contributed by atoms with Crippen molar-refractivity contribution >= 4 is 94.9 Å². The average Bonchev–Trinajstić information content (AvgIpc) is 1.63. The van der Waals surface area contributed by atoms with Crippen molar-refractivity contribution in [1.29, 1.82) is 0 Å². The summed E-state index contributed by atoms with van der Waals surface area (Å²) in [7, 11) is 1.21. The second kappa shape index (κ2) is 47.4. The van der Waals surface area contributed by atoms with Crippen molar-refractivity contribution in [2.24, 2.45) is 34.2 Å². The highest BCUT2D eigenvalue weighted by molar-refractivity contribution is 7.98. The fourth-order valence-electron chi connectivity index (χ4n) is 13.0. The number of carbonyl (C=O) groups excluding carboxylic acids is 13. The summed E-state index contributed by atoms with van der Waals surface area (Å²) in [5.74, 6) is -8.57. The molecule has 4 aromatic carbocycles. The van der Waals surface area contributed by atoms with E-state index in [1.807, 2.05) is 56.5 Å². The monoisotopic (exact) mass is 1570 g/mol. The van der Waals surface area contributed by atoms with E-state index < -0.39 is 156 Å². The standard InChI is InChI=1S/C80H113N15O16S/c1-50(2)44-60(69(98)88-59(38-43-112-8)77(106)109-7)86-65(96)47-85-68(97)61(45-53-26-13-9-14-27-53)89-70(99)62(46-54-28-15-10-16-29-54)90-73(102)66(51(3)4)93-74(103)67(52(5)6)92-72(101)64-37-25-42-95(64)75(104)57(34-21-22-39-84-79(107)110-48-55-30-17-11-18-31-55)87-71(100)63-36-24-41-94(63)76(105)58(35-23-40-83-78(81)82)91-80(108)111-49-56-32-19-12-20-33-56/h9-20,26-33,50-52,57-64,66-67H,21-25,34-49H2,1-8H3,(H,84,107)(H,85,97)(H,86,96)(H,87,100)(H,88,98)(H,89,99)(H,90,102)(H,91,108)(H,92,101)(H,93,103)(H4,81,82,83)/t57-,58-,59+,60-,61-,62-,63-,64-,66-,67+/m0/s1. The third-order valence-corrected chi connectivity index (χ3v) is 19.6. The fraction of sp³-hybridized carbons (Fsp3) is 0.525. The molecule has 0 radical (unpaired) electrons. The van der Waals surface area contributed by atoms with E-state index in [1.165, 1.54) is 28.7 Å². The predicted molar refractivity (Wildman–Crippen MR) is 422 cm³/mol. The highest BCUT2D eigenvalue weighted by atomic mass is 32.2. The number of benzene rings is 4. The first-order valence-corrected chi connectivity index (χ1v) is 39.7. The Bertz CT molecular complexity index is 3770. The van der Waals surface area contributed by atoms with Crippen molar-refractivity contribution in [3.8, 4) is 0 Å². The smallest absolute Gasteiger partial charge is 0.408 e. The Kier molecular flexibility index (Phi) is 38.2. The van der Waals surface area contributed by atoms with Gasteiger partial charge in [0, 0.05) is 39.0 Å². The molecule has 2 fully saturated rings. The number of nitrogens with one attached hydrogen (secondary N) is 10. The van der Waals surface area contributed by atoms with Gasteiger partial charge in [0.2, 0.25) is 59.1 Å². The van der Waals surface area contributed by atoms with E-state index >= 15 is 4.79 Å². The molecule has 0 unspecified atom stereocenters. The number of hydrogen-bond acceptors (Lipinski definition) is 18. The van der Waals surface area contributed by atoms with Crippen LogP contribution in [0.2, 0.25) is 0 Å². The number of amides is 12. The number of carbonyl (C=O) groups is 13. The quantitative estimate of drug-likeness (QED) is 0.00987. The highest BCUT2D eigenvalue weighted by Gasteiger charge is 2.43. The number of ether oxygens (including phenoxy) is 3. The Hall–Kier alpha value is -10.8. The maximum atomic E-state index is 15.1. The minimum atomic E-state index is -1.37. The number of rotatable bonds is 44. The number of hydrogen-bond donors (Lipinski definition) is 12. The van der Waals surface area contributed by atoms with Gasteiger partial charge in [-0.25, -0.2) is 14.4 Å². The topological polar surface area (TPSA) is 441 Å². The molecule has 14 N–H and O–H groups in total. The van der Waals surface area contributed by atoms with Crippen LogP contribution >= 0.6 is 11.8 Å². The number of esters is 1. The minimum Gasteiger partial charge on any atom is -0.467 e. The Labute approximate surface area is 659 Å². The summed E-state index contributed by atoms with van der Waals surface area (Å²) in [5, 5.41) is 27.5. The van der Waals surface area contributed by atoms with Crippen molar-refractivity contribution in [3.63, 3.8) is 0 Å². The van der Waals surface area contributed by atoms with Crippen LogP contribution < -0.4 is 64.6 Å². The molecule has 2 saturated heterocycles. The van der Waals surface area contributed by atoms with Crippen LogP contribution in [-0.4, -0.2) is 205 Å². The van der Waals surface area contributed by atoms with Crippen LogP contribution in [0, 0.1) is 17.8 Å². The number of nitrogens with zero attached hydrogens (tertiary/aromatic N) is 3. The lowest BCUT2D eigenvalue weighted by molar-refractivity contribution is -0.145. The molecule has 32 heteroatoms. The highest BCUT2D eigenvalue weighted by Crippen LogP contribution is 2.25. The second-order valence-corrected chi connectivity index (χ2v) is 29.9. The number of aliphatic imine (C=N–C) groups is 1. The zero-order valence-corrected chi connectivity index (χ0v) is 66.2. The molecule has 112 heavy (non-hydrogen) atoms. The third kappa shape index (κ3) is 30.5. The lowest BCUT2D eigenvalue weighted by Crippen LogP contribution is -2.61. The summed E-state index contributed by atoms with van der Waals surface area (Å²) in [6.07, 6.45) is 2.75. The Morgan fingerprint density at radius 2 is 0.938 bits per heavy atom. The lowest BCUT2D eigenvalue weighted by Gasteiger charge is -2.33. The van der Waals surface area contributed by atoms with Crippen LogP contribution in [-0.2, 0) is 93.0 Å². The van der Waals surface area contributed by atoms with Gasteiger partial charge in [-0.15, -0.1) is 0 Å². The summed E-state index contributed by atoms with van der Waals surface area (Å²) < 4.78 is 15.8. The molecule has 10 atom stereocenters. The summed E-state index contributed by atoms with van der Waals surface area (Å²) >= 11 is 1.48. The van der Waals surface area contributed by atoms with Crippen LogP contribution in [0.4, 0.5) is 9.59 Å². The van der Waals surface area contributed by atoms with Crippen molar-refractivity contribution in [3.05, 3.63) is 144 Å². The molecule has 0 saturated carbocycles. The van der Waals surface area contributed by atoms with Crippen LogP contribution in [0.15, 0.2) is 126 Å². The molecule has 610 valence electrons. The summed E-state index contributed by atoms with van der Waals surface area (Å²) in [5.41, 5.74) is 13.9. The molecule has 2 aliphatic heterocycles. The van der Waals surface area contributed by atoms with Gasteiger partial charge in [-0.3, -0.25) is 52.9 Å². The van der Waals surface area contributed by atoms with Gasteiger partial charge in [0.05, 0.1) is 13.7 Å². The normalized spacial score (nSPS) is 16.0. The van der Waals surface area contributed by atoms with E-state index in [1.54, 1.807) is 113 Å². The van der Waals surface area contributed by atoms with Crippen LogP contribution in [0.5, 0.6) is 0 Å². The lowest BCUT2D eigenvalue weighted by atomic mass is 9.98. The molecular formula is C80H113N15O16S. The van der Waals surface area contributed by atoms with Crippen molar-refractivity contribution in [2.75, 3.05) is 51.8 Å². The third-order valence-electron chi connectivity index (χ3n) is 19.0. The summed E-state index contributed by atoms with van der Waals surface area (Å²) in [6, 6.07) is 23.5. The van der Waals surface area contributed by atoms with Crippen LogP contribution in [0.1, 0.15) is 134 Å². The van der Waals surface area contributed by atoms with Gasteiger partial charge in [-0.05, 0) is 123 Å². The molecule has 0 aliphatic carbocycles. The molecule has 31 nitrogen and oxygen atoms in total. The molecule has 2 aliphatic rings. The van der Waals surface area contributed by atoms with E-state index in [0.29, 0.717) is 41.7 Å². The van der Waals surface area contributed by atoms with E-state index in [2.05, 4.69) is 58.2 Å². The number of likely N-dealkylation sites (tertiary alicyclic amines) is 2. The zero-order valence-electron chi connectivity index (χ0n) is 65.3. The number of methoxy groups -OCH3 is 1. The SMILES string of the molecule is COC(=O)[C@@H](CCSC)NC(=O)[C@H](CC(C)C)NC(=O)CNC(=O)[C@H](Cc1ccccc1)NC(=O)[C@H](Cc1ccccc1)NC(=O)[C@@H](NC(=O)[C@H](NC(=O)[C@@H]1CCCN1C(=O)[C@H](CCCCNC(=O)OCc1ccccc1)NC(=O)[C@@H]1CCCN1C(=O)[C@H](CCCN=C(N)N)NC(=O)OCc1ccccc1)C(C)C)C(C)C. The molecule has 0 bridgehead atoms. The molecule has 4 aromatic rings. The molecule has 12 amide bonds. The van der Waals surface area contributed by atoms with E-state index in [0.717, 1.165) is 5.56 Å². The van der Waals surface area contributed by atoms with E-state index in [4.69, 9.17) is 25.7 Å². The zero-order chi connectivity index (χ0) is 81.7. The number of alkyl carbamates (subject to hydrolysis) is 2. The van der Waals surface area contributed by atoms with Crippen LogP contribution in [0.3, 0.4) is 0 Å². The summed E-state index contributed by atoms with van der Waals surface area (Å²) in [4.78, 5) is 190. The molecule has 6 rings (SSSR count). The first-order valence-electron chi connectivity index (χ1n) is 38.3. The maximum absolute atomic E-state index is 15.1. The van der Waals surface area contributed by atoms with E-state index in [9.17, 15) is 57.5 Å². The van der Waals surface area contributed by atoms with Gasteiger partial charge in [0.25, 0.3) is 0 Å². The van der Waals surface area contributed by atoms with Gasteiger partial charge >= 0.3 is 18.2 Å². The van der Waals surface area contributed by atoms with Gasteiger partial charge in [0.15, 0.2) is 5.96 Å². The van der Waals surface area contributed by atoms with Crippen molar-refractivity contribution in [1.82, 2.24) is 63.0 Å². The van der Waals surface area contributed by atoms with Gasteiger partial charge < -0.3 is 88.6 Å². The molecule has 2 heterocycles. The Morgan fingerprint density at radius 1 is 0.482 bits per heavy atom. The van der Waals surface area contributed by atoms with Gasteiger partial charge in [-0.2, -0.15) is 11.8 Å². The number of nitrogens with two attached hydrogens (primary N) is 2. The molecular weight excluding hydrogens is 1460 g/mol. The predicted octanol–water partition coefficient (Wildman–Crippen LogP) is 3.69. The maximum Gasteiger partial charge on any atom is 0.408 e. The average molecular weight is 1570 g/mol. The largest absolute Gasteiger partial charge is 0.467 e. The molecule has 0 spiro atoms. The van der Waals surface area contributed by atoms with Gasteiger partial charge in [-0.1, -0.05) is 163 Å². The van der Waals surface area contributed by atoms with Crippen molar-refractivity contribution in [2.45, 2.75) is 199 Å². The van der Waals surface area contributed by atoms with Crippen LogP contribution in [0.25, 0.3) is 0 Å².